The van der Waals surface area contributed by atoms with Crippen molar-refractivity contribution in [3.63, 3.8) is 0 Å². The van der Waals surface area contributed by atoms with E-state index in [0.717, 1.165) is 24.3 Å². The van der Waals surface area contributed by atoms with Crippen molar-refractivity contribution in [2.75, 3.05) is 16.8 Å². The van der Waals surface area contributed by atoms with Gasteiger partial charge in [0, 0.05) is 17.3 Å². The topological polar surface area (TPSA) is 90.3 Å². The third-order valence-electron chi connectivity index (χ3n) is 5.64. The minimum Gasteiger partial charge on any atom is -0.457 e. The van der Waals surface area contributed by atoms with Gasteiger partial charge in [0.15, 0.2) is 15.5 Å². The van der Waals surface area contributed by atoms with Gasteiger partial charge in [0.05, 0.1) is 17.5 Å². The molecule has 0 unspecified atom stereocenters. The number of nitrogens with zero attached hydrogens (tertiary/aromatic N) is 2. The Labute approximate surface area is 181 Å². The lowest BCUT2D eigenvalue weighted by Gasteiger charge is -2.12. The average Bonchev–Trinajstić information content (AvgIpc) is 3.40. The van der Waals surface area contributed by atoms with E-state index in [1.165, 1.54) is 0 Å². The monoisotopic (exact) mass is 437 g/mol. The molecular weight excluding hydrogens is 414 g/mol. The Morgan fingerprint density at radius 2 is 1.71 bits per heavy atom. The number of aromatic nitrogens is 2. The summed E-state index contributed by atoms with van der Waals surface area (Å²) in [6.45, 7) is 0. The fourth-order valence-corrected chi connectivity index (χ4v) is 5.58. The Hall–Kier alpha value is -3.13. The molecule has 1 atom stereocenters. The number of hydrogen-bond acceptors (Lipinski definition) is 5. The maximum atomic E-state index is 12.8. The number of anilines is 1. The highest BCUT2D eigenvalue weighted by Crippen LogP contribution is 2.42. The molecule has 8 heteroatoms. The zero-order valence-electron chi connectivity index (χ0n) is 16.9. The number of rotatable bonds is 6. The van der Waals surface area contributed by atoms with Gasteiger partial charge in [-0.2, -0.15) is 5.10 Å². The number of para-hydroxylation sites is 1. The van der Waals surface area contributed by atoms with Crippen molar-refractivity contribution in [3.05, 3.63) is 72.1 Å². The smallest absolute Gasteiger partial charge is 0.276 e. The van der Waals surface area contributed by atoms with Crippen LogP contribution in [0.3, 0.4) is 0 Å². The molecule has 2 aromatic carbocycles. The van der Waals surface area contributed by atoms with Crippen LogP contribution in [-0.4, -0.2) is 35.6 Å². The Kier molecular flexibility index (Phi) is 5.02. The van der Waals surface area contributed by atoms with E-state index in [1.54, 1.807) is 28.9 Å². The van der Waals surface area contributed by atoms with Gasteiger partial charge in [-0.1, -0.05) is 18.2 Å². The fraction of sp³-hybridized carbons (Fsp3) is 0.304. The highest BCUT2D eigenvalue weighted by molar-refractivity contribution is 7.91. The molecule has 1 amide bonds. The summed E-state index contributed by atoms with van der Waals surface area (Å²) in [4.78, 5) is 12.8. The number of carbonyl (C=O) groups excluding carboxylic acids is 1. The van der Waals surface area contributed by atoms with E-state index in [0.29, 0.717) is 29.5 Å². The second-order valence-electron chi connectivity index (χ2n) is 8.12. The maximum absolute atomic E-state index is 12.8. The van der Waals surface area contributed by atoms with E-state index in [2.05, 4.69) is 10.4 Å². The van der Waals surface area contributed by atoms with E-state index >= 15 is 0 Å². The molecule has 2 heterocycles. The van der Waals surface area contributed by atoms with Crippen LogP contribution in [0.5, 0.6) is 11.5 Å². The lowest BCUT2D eigenvalue weighted by Crippen LogP contribution is -2.17. The predicted molar refractivity (Wildman–Crippen MR) is 117 cm³/mol. The van der Waals surface area contributed by atoms with E-state index < -0.39 is 9.84 Å². The van der Waals surface area contributed by atoms with Crippen molar-refractivity contribution < 1.29 is 17.9 Å². The van der Waals surface area contributed by atoms with Crippen LogP contribution in [0.15, 0.2) is 60.7 Å². The molecule has 1 aromatic heterocycles. The second kappa shape index (κ2) is 7.85. The molecule has 3 aromatic rings. The molecule has 160 valence electrons. The van der Waals surface area contributed by atoms with Gasteiger partial charge in [0.2, 0.25) is 0 Å². The molecule has 5 rings (SSSR count). The van der Waals surface area contributed by atoms with Crippen LogP contribution in [0.2, 0.25) is 0 Å². The number of benzene rings is 2. The van der Waals surface area contributed by atoms with E-state index in [1.807, 2.05) is 36.4 Å². The van der Waals surface area contributed by atoms with Crippen LogP contribution < -0.4 is 10.1 Å². The lowest BCUT2D eigenvalue weighted by molar-refractivity contribution is 0.102. The Morgan fingerprint density at radius 1 is 1.00 bits per heavy atom. The summed E-state index contributed by atoms with van der Waals surface area (Å²) in [5.74, 6) is 1.75. The maximum Gasteiger partial charge on any atom is 0.276 e. The number of hydrogen-bond donors (Lipinski definition) is 1. The number of sulfone groups is 1. The summed E-state index contributed by atoms with van der Waals surface area (Å²) in [6, 6.07) is 18.2. The summed E-state index contributed by atoms with van der Waals surface area (Å²) >= 11 is 0. The first-order chi connectivity index (χ1) is 15.0. The minimum absolute atomic E-state index is 0.0956. The average molecular weight is 438 g/mol. The Balaban J connectivity index is 1.30. The highest BCUT2D eigenvalue weighted by Gasteiger charge is 2.36. The quantitative estimate of drug-likeness (QED) is 0.625. The van der Waals surface area contributed by atoms with Crippen molar-refractivity contribution in [1.82, 2.24) is 9.78 Å². The predicted octanol–water partition coefficient (Wildman–Crippen LogP) is 4.16. The van der Waals surface area contributed by atoms with E-state index in [-0.39, 0.29) is 23.5 Å². The Bertz CT molecular complexity index is 1200. The number of nitrogens with one attached hydrogen (secondary N) is 1. The van der Waals surface area contributed by atoms with Crippen molar-refractivity contribution in [3.8, 4) is 11.5 Å². The van der Waals surface area contributed by atoms with Crippen molar-refractivity contribution >= 4 is 21.4 Å². The molecule has 2 fully saturated rings. The first-order valence-corrected chi connectivity index (χ1v) is 12.2. The van der Waals surface area contributed by atoms with Gasteiger partial charge in [-0.05, 0) is 61.7 Å². The van der Waals surface area contributed by atoms with E-state index in [4.69, 9.17) is 4.74 Å². The van der Waals surface area contributed by atoms with Gasteiger partial charge < -0.3 is 10.1 Å². The number of amides is 1. The van der Waals surface area contributed by atoms with Crippen LogP contribution in [0, 0.1) is 0 Å². The fourth-order valence-electron chi connectivity index (χ4n) is 3.89. The first kappa shape index (κ1) is 19.8. The summed E-state index contributed by atoms with van der Waals surface area (Å²) in [5.41, 5.74) is 1.92. The van der Waals surface area contributed by atoms with Crippen molar-refractivity contribution in [2.24, 2.45) is 0 Å². The summed E-state index contributed by atoms with van der Waals surface area (Å²) in [7, 11) is -3.03. The molecule has 31 heavy (non-hydrogen) atoms. The molecule has 0 radical (unpaired) electrons. The molecule has 1 saturated heterocycles. The van der Waals surface area contributed by atoms with Crippen LogP contribution in [-0.2, 0) is 9.84 Å². The minimum atomic E-state index is -3.03. The highest BCUT2D eigenvalue weighted by atomic mass is 32.2. The summed E-state index contributed by atoms with van der Waals surface area (Å²) < 4.78 is 31.4. The van der Waals surface area contributed by atoms with Crippen LogP contribution >= 0.6 is 0 Å². The third-order valence-corrected chi connectivity index (χ3v) is 7.39. The molecule has 0 bridgehead atoms. The molecular formula is C23H23N3O4S. The normalized spacial score (nSPS) is 19.8. The molecule has 2 aliphatic rings. The molecule has 1 N–H and O–H groups in total. The zero-order valence-corrected chi connectivity index (χ0v) is 17.7. The second-order valence-corrected chi connectivity index (χ2v) is 10.4. The standard InChI is InChI=1S/C23H23N3O4S/c27-23(24-17-8-10-20(11-9-17)30-19-4-2-1-3-5-19)21-14-22(16-6-7-16)26(25-21)18-12-13-31(28,29)15-18/h1-5,8-11,14,16,18H,6-7,12-13,15H2,(H,24,27)/t18-/m0/s1. The van der Waals surface area contributed by atoms with Gasteiger partial charge in [-0.15, -0.1) is 0 Å². The van der Waals surface area contributed by atoms with Crippen LogP contribution in [0.25, 0.3) is 0 Å². The first-order valence-electron chi connectivity index (χ1n) is 10.4. The summed E-state index contributed by atoms with van der Waals surface area (Å²) in [5, 5.41) is 7.37. The number of ether oxygens (including phenoxy) is 1. The van der Waals surface area contributed by atoms with E-state index in [9.17, 15) is 13.2 Å². The number of carbonyl (C=O) groups is 1. The molecule has 1 aliphatic carbocycles. The largest absolute Gasteiger partial charge is 0.457 e. The van der Waals surface area contributed by atoms with Gasteiger partial charge in [-0.25, -0.2) is 8.42 Å². The summed E-state index contributed by atoms with van der Waals surface area (Å²) in [6.07, 6.45) is 2.65. The zero-order chi connectivity index (χ0) is 21.4. The van der Waals surface area contributed by atoms with Gasteiger partial charge in [-0.3, -0.25) is 9.48 Å². The SMILES string of the molecule is O=C(Nc1ccc(Oc2ccccc2)cc1)c1cc(C2CC2)n([C@H]2CCS(=O)(=O)C2)n1. The molecule has 1 aliphatic heterocycles. The van der Waals surface area contributed by atoms with Crippen LogP contribution in [0.1, 0.15) is 47.4 Å². The lowest BCUT2D eigenvalue weighted by atomic mass is 10.2. The Morgan fingerprint density at radius 3 is 2.35 bits per heavy atom. The van der Waals surface area contributed by atoms with Gasteiger partial charge in [0.1, 0.15) is 11.5 Å². The van der Waals surface area contributed by atoms with Gasteiger partial charge in [0.25, 0.3) is 5.91 Å². The van der Waals surface area contributed by atoms with Crippen molar-refractivity contribution in [2.45, 2.75) is 31.2 Å². The van der Waals surface area contributed by atoms with Crippen molar-refractivity contribution in [1.29, 1.82) is 0 Å². The molecule has 1 saturated carbocycles. The molecule has 0 spiro atoms. The molecule has 7 nitrogen and oxygen atoms in total. The van der Waals surface area contributed by atoms with Gasteiger partial charge >= 0.3 is 0 Å². The van der Waals surface area contributed by atoms with Crippen LogP contribution in [0.4, 0.5) is 5.69 Å². The third kappa shape index (κ3) is 4.49.